The molecule has 0 unspecified atom stereocenters. The van der Waals surface area contributed by atoms with Crippen molar-refractivity contribution in [1.82, 2.24) is 14.8 Å². The molecule has 1 aliphatic rings. The third-order valence-corrected chi connectivity index (χ3v) is 6.55. The Hall–Kier alpha value is -5.06. The van der Waals surface area contributed by atoms with Crippen LogP contribution in [-0.2, 0) is 16.0 Å². The SMILES string of the molecule is Cc1c(Cc2ccc(F)c(C(=O)N3CCN(c4ccc(C#N)cc4)C(=O)C3)c2)nn(OC(=O)C(F)(F)F)c(=O)c1C. The first-order valence-electron chi connectivity index (χ1n) is 12.1. The highest BCUT2D eigenvalue weighted by Crippen LogP contribution is 2.22. The largest absolute Gasteiger partial charge is 0.493 e. The van der Waals surface area contributed by atoms with Crippen LogP contribution < -0.4 is 15.3 Å². The van der Waals surface area contributed by atoms with Crippen LogP contribution in [-0.4, -0.2) is 58.4 Å². The highest BCUT2D eigenvalue weighted by Gasteiger charge is 2.42. The van der Waals surface area contributed by atoms with Crippen molar-refractivity contribution in [1.29, 1.82) is 5.26 Å². The smallest absolute Gasteiger partial charge is 0.327 e. The van der Waals surface area contributed by atoms with E-state index in [1.165, 1.54) is 35.8 Å². The number of nitriles is 1. The number of benzene rings is 2. The molecule has 212 valence electrons. The second-order valence-electron chi connectivity index (χ2n) is 9.17. The van der Waals surface area contributed by atoms with Gasteiger partial charge in [0.15, 0.2) is 0 Å². The van der Waals surface area contributed by atoms with Gasteiger partial charge in [-0.1, -0.05) is 6.07 Å². The van der Waals surface area contributed by atoms with Crippen LogP contribution in [0.25, 0.3) is 0 Å². The first kappa shape index (κ1) is 28.9. The van der Waals surface area contributed by atoms with Crippen molar-refractivity contribution in [2.75, 3.05) is 24.5 Å². The van der Waals surface area contributed by atoms with E-state index in [0.717, 1.165) is 6.07 Å². The maximum Gasteiger partial charge on any atom is 0.493 e. The van der Waals surface area contributed by atoms with Gasteiger partial charge in [0.05, 0.1) is 22.9 Å². The number of piperazine rings is 1. The van der Waals surface area contributed by atoms with Gasteiger partial charge in [-0.15, -0.1) is 5.10 Å². The summed E-state index contributed by atoms with van der Waals surface area (Å²) >= 11 is 0. The first-order chi connectivity index (χ1) is 19.3. The van der Waals surface area contributed by atoms with E-state index in [9.17, 15) is 36.7 Å². The van der Waals surface area contributed by atoms with Crippen LogP contribution in [0.15, 0.2) is 47.3 Å². The maximum atomic E-state index is 14.7. The Balaban J connectivity index is 1.54. The van der Waals surface area contributed by atoms with Crippen molar-refractivity contribution in [3.8, 4) is 6.07 Å². The van der Waals surface area contributed by atoms with Gasteiger partial charge in [0.25, 0.3) is 5.91 Å². The molecule has 1 aliphatic heterocycles. The lowest BCUT2D eigenvalue weighted by atomic mass is 10.0. The summed E-state index contributed by atoms with van der Waals surface area (Å²) in [6.07, 6.45) is -5.51. The van der Waals surface area contributed by atoms with Gasteiger partial charge < -0.3 is 14.6 Å². The summed E-state index contributed by atoms with van der Waals surface area (Å²) in [6, 6.07) is 11.9. The fourth-order valence-corrected chi connectivity index (χ4v) is 4.16. The van der Waals surface area contributed by atoms with Gasteiger partial charge in [-0.25, -0.2) is 9.18 Å². The zero-order chi connectivity index (χ0) is 30.1. The number of aromatic nitrogens is 2. The van der Waals surface area contributed by atoms with E-state index in [-0.39, 0.29) is 47.7 Å². The molecule has 1 fully saturated rings. The summed E-state index contributed by atoms with van der Waals surface area (Å²) in [5.74, 6) is -4.64. The van der Waals surface area contributed by atoms with E-state index >= 15 is 0 Å². The number of rotatable bonds is 5. The third-order valence-electron chi connectivity index (χ3n) is 6.55. The van der Waals surface area contributed by atoms with Gasteiger partial charge >= 0.3 is 17.7 Å². The summed E-state index contributed by atoms with van der Waals surface area (Å²) in [4.78, 5) is 56.2. The average molecular weight is 571 g/mol. The quantitative estimate of drug-likeness (QED) is 0.431. The molecule has 2 amide bonds. The molecule has 0 atom stereocenters. The molecule has 41 heavy (non-hydrogen) atoms. The lowest BCUT2D eigenvalue weighted by molar-refractivity contribution is -0.202. The summed E-state index contributed by atoms with van der Waals surface area (Å²) in [6.45, 7) is 2.72. The van der Waals surface area contributed by atoms with Crippen molar-refractivity contribution in [2.45, 2.75) is 26.4 Å². The first-order valence-corrected chi connectivity index (χ1v) is 12.1. The monoisotopic (exact) mass is 571 g/mol. The standard InChI is InChI=1S/C27H21F4N5O5/c1-15-16(2)24(38)36(41-26(40)27(29,30)31)33-22(15)12-18-5-8-21(28)20(11-18)25(39)34-9-10-35(23(37)14-34)19-6-3-17(13-32)4-7-19/h3-8,11H,9-10,12,14H2,1-2H3. The van der Waals surface area contributed by atoms with Crippen molar-refractivity contribution in [3.63, 3.8) is 0 Å². The molecule has 0 spiro atoms. The van der Waals surface area contributed by atoms with Gasteiger partial charge in [-0.2, -0.15) is 18.4 Å². The molecule has 4 rings (SSSR count). The minimum Gasteiger partial charge on any atom is -0.327 e. The fraction of sp³-hybridized carbons (Fsp3) is 0.259. The Morgan fingerprint density at radius 2 is 1.73 bits per heavy atom. The van der Waals surface area contributed by atoms with Gasteiger partial charge in [0, 0.05) is 30.8 Å². The van der Waals surface area contributed by atoms with E-state index in [4.69, 9.17) is 5.26 Å². The zero-order valence-corrected chi connectivity index (χ0v) is 21.7. The average Bonchev–Trinajstić information content (AvgIpc) is 2.94. The number of alkyl halides is 3. The van der Waals surface area contributed by atoms with Crippen LogP contribution in [0.5, 0.6) is 0 Å². The van der Waals surface area contributed by atoms with E-state index in [0.29, 0.717) is 22.4 Å². The topological polar surface area (TPSA) is 126 Å². The fourth-order valence-electron chi connectivity index (χ4n) is 4.16. The minimum absolute atomic E-state index is 0.0259. The van der Waals surface area contributed by atoms with Gasteiger partial charge in [0.1, 0.15) is 12.4 Å². The number of hydrogen-bond acceptors (Lipinski definition) is 7. The van der Waals surface area contributed by atoms with Crippen LogP contribution >= 0.6 is 0 Å². The number of nitrogens with zero attached hydrogens (tertiary/aromatic N) is 5. The van der Waals surface area contributed by atoms with Crippen LogP contribution in [0.2, 0.25) is 0 Å². The summed E-state index contributed by atoms with van der Waals surface area (Å²) in [5.41, 5.74) is 0.213. The number of anilines is 1. The molecule has 0 N–H and O–H groups in total. The number of carbonyl (C=O) groups excluding carboxylic acids is 3. The molecular weight excluding hydrogens is 550 g/mol. The van der Waals surface area contributed by atoms with Crippen LogP contribution in [0.1, 0.15) is 38.3 Å². The Bertz CT molecular complexity index is 1640. The highest BCUT2D eigenvalue weighted by molar-refractivity contribution is 6.01. The lowest BCUT2D eigenvalue weighted by Gasteiger charge is -2.34. The third kappa shape index (κ3) is 6.08. The summed E-state index contributed by atoms with van der Waals surface area (Å²) in [5, 5.41) is 12.7. The molecule has 0 bridgehead atoms. The lowest BCUT2D eigenvalue weighted by Crippen LogP contribution is -2.52. The molecule has 14 heteroatoms. The van der Waals surface area contributed by atoms with Crippen molar-refractivity contribution >= 4 is 23.5 Å². The zero-order valence-electron chi connectivity index (χ0n) is 21.7. The number of halogens is 4. The van der Waals surface area contributed by atoms with Crippen LogP contribution in [0.4, 0.5) is 23.2 Å². The second-order valence-corrected chi connectivity index (χ2v) is 9.17. The minimum atomic E-state index is -5.36. The van der Waals surface area contributed by atoms with Crippen LogP contribution in [0.3, 0.4) is 0 Å². The van der Waals surface area contributed by atoms with E-state index in [2.05, 4.69) is 9.94 Å². The molecule has 0 aliphatic carbocycles. The van der Waals surface area contributed by atoms with Crippen molar-refractivity contribution < 1.29 is 36.8 Å². The Kier molecular flexibility index (Phi) is 7.91. The molecule has 10 nitrogen and oxygen atoms in total. The molecule has 1 aromatic heterocycles. The van der Waals surface area contributed by atoms with Gasteiger partial charge in [-0.05, 0) is 66.2 Å². The molecule has 0 saturated carbocycles. The summed E-state index contributed by atoms with van der Waals surface area (Å²) in [7, 11) is 0. The Morgan fingerprint density at radius 3 is 2.34 bits per heavy atom. The van der Waals surface area contributed by atoms with E-state index in [1.807, 2.05) is 6.07 Å². The number of carbonyl (C=O) groups is 3. The number of hydrogen-bond donors (Lipinski definition) is 0. The molecule has 0 radical (unpaired) electrons. The molecule has 2 heterocycles. The predicted molar refractivity (Wildman–Crippen MR) is 134 cm³/mol. The normalized spacial score (nSPS) is 13.6. The number of amides is 2. The predicted octanol–water partition coefficient (Wildman–Crippen LogP) is 2.47. The molecular formula is C27H21F4N5O5. The van der Waals surface area contributed by atoms with Crippen molar-refractivity contribution in [2.24, 2.45) is 0 Å². The van der Waals surface area contributed by atoms with E-state index < -0.39 is 35.3 Å². The molecule has 1 saturated heterocycles. The highest BCUT2D eigenvalue weighted by atomic mass is 19.4. The van der Waals surface area contributed by atoms with Crippen LogP contribution in [0, 0.1) is 31.0 Å². The van der Waals surface area contributed by atoms with Gasteiger partial charge in [-0.3, -0.25) is 14.4 Å². The van der Waals surface area contributed by atoms with Gasteiger partial charge in [0.2, 0.25) is 5.91 Å². The molecule has 3 aromatic rings. The van der Waals surface area contributed by atoms with Crippen molar-refractivity contribution in [3.05, 3.63) is 92.1 Å². The van der Waals surface area contributed by atoms with E-state index in [1.54, 1.807) is 24.3 Å². The Morgan fingerprint density at radius 1 is 1.05 bits per heavy atom. The summed E-state index contributed by atoms with van der Waals surface area (Å²) < 4.78 is 52.7. The second kappa shape index (κ2) is 11.2. The Labute approximate surface area is 229 Å². The maximum absolute atomic E-state index is 14.7. The molecule has 2 aromatic carbocycles.